The first-order valence-corrected chi connectivity index (χ1v) is 11.2. The van der Waals surface area contributed by atoms with Crippen LogP contribution in [0.3, 0.4) is 0 Å². The molecular weight excluding hydrogens is 428 g/mol. The van der Waals surface area contributed by atoms with Gasteiger partial charge in [0.1, 0.15) is 17.3 Å². The highest BCUT2D eigenvalue weighted by Crippen LogP contribution is 2.22. The minimum absolute atomic E-state index is 0.140. The highest BCUT2D eigenvalue weighted by molar-refractivity contribution is 6.46. The van der Waals surface area contributed by atoms with E-state index >= 15 is 0 Å². The molecule has 0 radical (unpaired) electrons. The molecule has 1 atom stereocenters. The zero-order chi connectivity index (χ0) is 23.5. The molecule has 0 saturated heterocycles. The molecule has 4 aromatic rings. The van der Waals surface area contributed by atoms with E-state index in [0.717, 1.165) is 22.2 Å². The first-order chi connectivity index (χ1) is 16.6. The van der Waals surface area contributed by atoms with Gasteiger partial charge in [0.05, 0.1) is 30.3 Å². The van der Waals surface area contributed by atoms with E-state index in [1.807, 2.05) is 42.5 Å². The number of fused-ring (bicyclic) bond motifs is 2. The van der Waals surface area contributed by atoms with Crippen LogP contribution < -0.4 is 5.32 Å². The van der Waals surface area contributed by atoms with Gasteiger partial charge in [-0.2, -0.15) is 0 Å². The summed E-state index contributed by atoms with van der Waals surface area (Å²) in [5.41, 5.74) is 5.45. The summed E-state index contributed by atoms with van der Waals surface area (Å²) in [6.45, 7) is 2.71. The van der Waals surface area contributed by atoms with Gasteiger partial charge in [0.2, 0.25) is 0 Å². The molecule has 0 fully saturated rings. The lowest BCUT2D eigenvalue weighted by molar-refractivity contribution is -0.118. The summed E-state index contributed by atoms with van der Waals surface area (Å²) in [5, 5.41) is 2.86. The summed E-state index contributed by atoms with van der Waals surface area (Å²) in [6.07, 6.45) is 5.75. The molecule has 2 N–H and O–H groups in total. The number of amides is 1. The van der Waals surface area contributed by atoms with Crippen LogP contribution in [0.2, 0.25) is 0 Å². The summed E-state index contributed by atoms with van der Waals surface area (Å²) in [5.74, 6) is 0.665. The maximum atomic E-state index is 12.7. The van der Waals surface area contributed by atoms with Crippen molar-refractivity contribution in [2.24, 2.45) is 4.99 Å². The van der Waals surface area contributed by atoms with Crippen molar-refractivity contribution < 1.29 is 9.59 Å². The van der Waals surface area contributed by atoms with Gasteiger partial charge in [-0.15, -0.1) is 0 Å². The number of carbonyl (C=O) groups excluding carboxylic acids is 2. The Morgan fingerprint density at radius 2 is 2.00 bits per heavy atom. The molecule has 1 amide bonds. The average molecular weight is 453 g/mol. The van der Waals surface area contributed by atoms with Crippen LogP contribution >= 0.6 is 0 Å². The Kier molecular flexibility index (Phi) is 5.95. The number of Topliss-reactive ketones (excluding diaryl/α,β-unsaturated/α-hetero) is 1. The molecule has 0 spiro atoms. The van der Waals surface area contributed by atoms with Crippen molar-refractivity contribution in [3.8, 4) is 0 Å². The Morgan fingerprint density at radius 1 is 1.15 bits per heavy atom. The fourth-order valence-corrected chi connectivity index (χ4v) is 4.19. The van der Waals surface area contributed by atoms with E-state index in [0.29, 0.717) is 35.8 Å². The van der Waals surface area contributed by atoms with E-state index in [9.17, 15) is 9.59 Å². The Bertz CT molecular complexity index is 1360. The lowest BCUT2D eigenvalue weighted by Gasteiger charge is -2.11. The van der Waals surface area contributed by atoms with Crippen molar-refractivity contribution in [3.05, 3.63) is 89.3 Å². The van der Waals surface area contributed by atoms with Crippen LogP contribution in [0.5, 0.6) is 0 Å². The maximum absolute atomic E-state index is 12.7. The predicted octanol–water partition coefficient (Wildman–Crippen LogP) is 3.28. The highest BCUT2D eigenvalue weighted by Gasteiger charge is 2.24. The number of ketones is 1. The lowest BCUT2D eigenvalue weighted by Crippen LogP contribution is -2.31. The number of hydrogen-bond donors (Lipinski definition) is 2. The molecule has 34 heavy (non-hydrogen) atoms. The number of aromatic nitrogens is 4. The van der Waals surface area contributed by atoms with Gasteiger partial charge >= 0.3 is 0 Å². The normalized spacial score (nSPS) is 13.4. The Labute approximate surface area is 196 Å². The Hall–Kier alpha value is -4.20. The van der Waals surface area contributed by atoms with Crippen molar-refractivity contribution in [1.82, 2.24) is 25.3 Å². The van der Waals surface area contributed by atoms with Crippen LogP contribution in [0.4, 0.5) is 0 Å². The maximum Gasteiger partial charge on any atom is 0.270 e. The van der Waals surface area contributed by atoms with Gasteiger partial charge in [0.25, 0.3) is 5.91 Å². The van der Waals surface area contributed by atoms with E-state index in [-0.39, 0.29) is 30.6 Å². The molecule has 0 unspecified atom stereocenters. The number of nitrogens with zero attached hydrogens (tertiary/aromatic N) is 4. The van der Waals surface area contributed by atoms with Gasteiger partial charge in [-0.25, -0.2) is 4.98 Å². The van der Waals surface area contributed by atoms with Gasteiger partial charge in [0.15, 0.2) is 0 Å². The van der Waals surface area contributed by atoms with E-state index in [1.54, 1.807) is 18.6 Å². The zero-order valence-corrected chi connectivity index (χ0v) is 18.8. The monoisotopic (exact) mass is 452 g/mol. The number of hydrogen-bond acceptors (Lipinski definition) is 6. The second-order valence-electron chi connectivity index (χ2n) is 8.49. The number of nitrogens with one attached hydrogen (secondary N) is 2. The Balaban J connectivity index is 1.19. The quantitative estimate of drug-likeness (QED) is 0.426. The molecule has 5 rings (SSSR count). The molecule has 8 heteroatoms. The van der Waals surface area contributed by atoms with Crippen LogP contribution in [0, 0.1) is 0 Å². The molecule has 0 saturated carbocycles. The fourth-order valence-electron chi connectivity index (χ4n) is 4.19. The van der Waals surface area contributed by atoms with Crippen LogP contribution in [0.25, 0.3) is 11.0 Å². The summed E-state index contributed by atoms with van der Waals surface area (Å²) < 4.78 is 0. The number of pyridine rings is 2. The van der Waals surface area contributed by atoms with Gasteiger partial charge in [-0.3, -0.25) is 24.5 Å². The molecule has 0 aliphatic carbocycles. The number of carbonyl (C=O) groups is 2. The standard InChI is InChI=1S/C26H24N6O2/c1-16(17-5-3-2-4-6-17)9-20(33)11-19-10-18-12-29-25(21(18)13-28-19)26(34)30-15-24-31-22-7-8-27-14-23(22)32-24/h2-8,10,13-14,16H,9,11-12,15H2,1H3,(H,30,34)(H,31,32)/t16-/m0/s1. The average Bonchev–Trinajstić information content (AvgIpc) is 3.46. The third-order valence-electron chi connectivity index (χ3n) is 5.95. The highest BCUT2D eigenvalue weighted by atomic mass is 16.2. The second-order valence-corrected chi connectivity index (χ2v) is 8.49. The SMILES string of the molecule is C[C@@H](CC(=O)Cc1cc2c(cn1)C(C(=O)NCc1nc3ccncc3[nH]1)=NC2)c1ccccc1. The van der Waals surface area contributed by atoms with Crippen LogP contribution in [0.15, 0.2) is 66.0 Å². The van der Waals surface area contributed by atoms with Crippen molar-refractivity contribution in [2.75, 3.05) is 0 Å². The number of rotatable bonds is 8. The topological polar surface area (TPSA) is 113 Å². The van der Waals surface area contributed by atoms with Crippen molar-refractivity contribution >= 4 is 28.4 Å². The molecule has 1 aliphatic heterocycles. The third kappa shape index (κ3) is 4.61. The van der Waals surface area contributed by atoms with Gasteiger partial charge < -0.3 is 10.3 Å². The van der Waals surface area contributed by atoms with E-state index < -0.39 is 0 Å². The molecule has 8 nitrogen and oxygen atoms in total. The molecular formula is C26H24N6O2. The summed E-state index contributed by atoms with van der Waals surface area (Å²) in [6, 6.07) is 13.7. The number of imidazole rings is 1. The lowest BCUT2D eigenvalue weighted by atomic mass is 9.94. The largest absolute Gasteiger partial charge is 0.343 e. The van der Waals surface area contributed by atoms with Gasteiger partial charge in [-0.05, 0) is 29.2 Å². The summed E-state index contributed by atoms with van der Waals surface area (Å²) in [4.78, 5) is 45.8. The van der Waals surface area contributed by atoms with Crippen molar-refractivity contribution in [2.45, 2.75) is 38.8 Å². The Morgan fingerprint density at radius 3 is 2.82 bits per heavy atom. The molecule has 1 aliphatic rings. The van der Waals surface area contributed by atoms with Gasteiger partial charge in [0, 0.05) is 36.5 Å². The number of H-pyrrole nitrogens is 1. The van der Waals surface area contributed by atoms with E-state index in [2.05, 4.69) is 37.2 Å². The first kappa shape index (κ1) is 21.6. The van der Waals surface area contributed by atoms with Crippen LogP contribution in [-0.4, -0.2) is 37.3 Å². The number of aromatic amines is 1. The summed E-state index contributed by atoms with van der Waals surface area (Å²) in [7, 11) is 0. The molecule has 170 valence electrons. The minimum Gasteiger partial charge on any atom is -0.343 e. The summed E-state index contributed by atoms with van der Waals surface area (Å²) >= 11 is 0. The number of aliphatic imine (C=N–C) groups is 1. The fraction of sp³-hybridized carbons (Fsp3) is 0.231. The van der Waals surface area contributed by atoms with Gasteiger partial charge in [-0.1, -0.05) is 37.3 Å². The minimum atomic E-state index is -0.278. The molecule has 3 aromatic heterocycles. The molecule has 4 heterocycles. The first-order valence-electron chi connectivity index (χ1n) is 11.2. The van der Waals surface area contributed by atoms with E-state index in [1.165, 1.54) is 0 Å². The van der Waals surface area contributed by atoms with Crippen LogP contribution in [0.1, 0.15) is 47.5 Å². The zero-order valence-electron chi connectivity index (χ0n) is 18.8. The second kappa shape index (κ2) is 9.35. The number of benzene rings is 1. The predicted molar refractivity (Wildman–Crippen MR) is 128 cm³/mol. The molecule has 0 bridgehead atoms. The smallest absolute Gasteiger partial charge is 0.270 e. The van der Waals surface area contributed by atoms with Crippen molar-refractivity contribution in [1.29, 1.82) is 0 Å². The third-order valence-corrected chi connectivity index (χ3v) is 5.95. The van der Waals surface area contributed by atoms with Crippen molar-refractivity contribution in [3.63, 3.8) is 0 Å². The van der Waals surface area contributed by atoms with E-state index in [4.69, 9.17) is 0 Å². The van der Waals surface area contributed by atoms with Crippen LogP contribution in [-0.2, 0) is 29.1 Å². The molecule has 1 aromatic carbocycles.